The van der Waals surface area contributed by atoms with Gasteiger partial charge in [-0.15, -0.1) is 0 Å². The Kier molecular flexibility index (Phi) is 3.94. The third-order valence-electron chi connectivity index (χ3n) is 2.79. The molecule has 0 N–H and O–H groups in total. The van der Waals surface area contributed by atoms with E-state index in [-0.39, 0.29) is 0 Å². The van der Waals surface area contributed by atoms with Crippen molar-refractivity contribution in [2.75, 3.05) is 7.11 Å². The van der Waals surface area contributed by atoms with Crippen molar-refractivity contribution >= 4 is 11.4 Å². The van der Waals surface area contributed by atoms with Crippen molar-refractivity contribution in [3.8, 4) is 11.8 Å². The molecule has 0 aliphatic rings. The first-order valence-electron chi connectivity index (χ1n) is 5.93. The van der Waals surface area contributed by atoms with Crippen molar-refractivity contribution in [1.29, 1.82) is 5.26 Å². The summed E-state index contributed by atoms with van der Waals surface area (Å²) in [6, 6.07) is 17.0. The van der Waals surface area contributed by atoms with Gasteiger partial charge in [0, 0.05) is 11.3 Å². The predicted octanol–water partition coefficient (Wildman–Crippen LogP) is 3.71. The minimum absolute atomic E-state index is 0.633. The molecule has 0 bridgehead atoms. The summed E-state index contributed by atoms with van der Waals surface area (Å²) < 4.78 is 5.32. The highest BCUT2D eigenvalue weighted by Gasteiger charge is 2.04. The van der Waals surface area contributed by atoms with Crippen molar-refractivity contribution in [2.24, 2.45) is 4.99 Å². The first-order chi connectivity index (χ1) is 9.24. The Morgan fingerprint density at radius 1 is 1.11 bits per heavy atom. The quantitative estimate of drug-likeness (QED) is 0.779. The van der Waals surface area contributed by atoms with Gasteiger partial charge in [-0.2, -0.15) is 5.26 Å². The lowest BCUT2D eigenvalue weighted by Crippen LogP contribution is -1.98. The Hall–Kier alpha value is -2.60. The molecule has 0 atom stereocenters. The highest BCUT2D eigenvalue weighted by molar-refractivity contribution is 6.02. The van der Waals surface area contributed by atoms with Gasteiger partial charge in [0.15, 0.2) is 0 Å². The standard InChI is InChI=1S/C16H14N2O/c1-12(15-5-3-4-6-16(15)19-2)18-14-9-7-13(11-17)8-10-14/h3-10H,1-2H3/b18-12+. The second kappa shape index (κ2) is 5.83. The topological polar surface area (TPSA) is 45.4 Å². The van der Waals surface area contributed by atoms with Crippen LogP contribution in [-0.2, 0) is 0 Å². The van der Waals surface area contributed by atoms with Crippen LogP contribution in [0.1, 0.15) is 18.1 Å². The molecule has 94 valence electrons. The van der Waals surface area contributed by atoms with E-state index < -0.39 is 0 Å². The molecule has 0 unspecified atom stereocenters. The molecule has 0 aliphatic heterocycles. The number of rotatable bonds is 3. The van der Waals surface area contributed by atoms with E-state index in [1.807, 2.05) is 43.3 Å². The van der Waals surface area contributed by atoms with Crippen LogP contribution in [0.2, 0.25) is 0 Å². The van der Waals surface area contributed by atoms with Gasteiger partial charge in [-0.05, 0) is 43.3 Å². The summed E-state index contributed by atoms with van der Waals surface area (Å²) >= 11 is 0. The van der Waals surface area contributed by atoms with E-state index >= 15 is 0 Å². The van der Waals surface area contributed by atoms with Crippen LogP contribution in [0.4, 0.5) is 5.69 Å². The van der Waals surface area contributed by atoms with Crippen LogP contribution >= 0.6 is 0 Å². The van der Waals surface area contributed by atoms with Crippen LogP contribution in [-0.4, -0.2) is 12.8 Å². The molecule has 0 saturated heterocycles. The zero-order valence-electron chi connectivity index (χ0n) is 10.9. The average Bonchev–Trinajstić information content (AvgIpc) is 2.48. The van der Waals surface area contributed by atoms with Crippen molar-refractivity contribution < 1.29 is 4.74 Å². The van der Waals surface area contributed by atoms with Gasteiger partial charge < -0.3 is 4.74 Å². The van der Waals surface area contributed by atoms with Crippen molar-refractivity contribution in [1.82, 2.24) is 0 Å². The largest absolute Gasteiger partial charge is 0.496 e. The number of nitrogens with zero attached hydrogens (tertiary/aromatic N) is 2. The summed E-state index contributed by atoms with van der Waals surface area (Å²) in [6.45, 7) is 1.94. The highest BCUT2D eigenvalue weighted by atomic mass is 16.5. The lowest BCUT2D eigenvalue weighted by molar-refractivity contribution is 0.414. The average molecular weight is 250 g/mol. The van der Waals surface area contributed by atoms with Crippen molar-refractivity contribution in [3.05, 3.63) is 59.7 Å². The summed E-state index contributed by atoms with van der Waals surface area (Å²) in [5.41, 5.74) is 3.30. The third-order valence-corrected chi connectivity index (χ3v) is 2.79. The molecular formula is C16H14N2O. The third kappa shape index (κ3) is 2.99. The number of para-hydroxylation sites is 1. The Morgan fingerprint density at radius 2 is 1.79 bits per heavy atom. The van der Waals surface area contributed by atoms with E-state index in [1.54, 1.807) is 19.2 Å². The smallest absolute Gasteiger partial charge is 0.127 e. The number of methoxy groups -OCH3 is 1. The Balaban J connectivity index is 2.34. The fraction of sp³-hybridized carbons (Fsp3) is 0.125. The van der Waals surface area contributed by atoms with Gasteiger partial charge in [-0.3, -0.25) is 4.99 Å². The van der Waals surface area contributed by atoms with Crippen LogP contribution in [0.15, 0.2) is 53.5 Å². The Bertz CT molecular complexity index is 637. The maximum absolute atomic E-state index is 8.75. The second-order valence-electron chi connectivity index (χ2n) is 4.06. The molecule has 0 aromatic heterocycles. The van der Waals surface area contributed by atoms with Crippen LogP contribution in [0.25, 0.3) is 0 Å². The van der Waals surface area contributed by atoms with E-state index in [0.717, 1.165) is 22.7 Å². The second-order valence-corrected chi connectivity index (χ2v) is 4.06. The molecule has 0 aliphatic carbocycles. The number of ether oxygens (including phenoxy) is 1. The van der Waals surface area contributed by atoms with Gasteiger partial charge >= 0.3 is 0 Å². The first-order valence-corrected chi connectivity index (χ1v) is 5.93. The minimum Gasteiger partial charge on any atom is -0.496 e. The Morgan fingerprint density at radius 3 is 2.42 bits per heavy atom. The molecule has 0 heterocycles. The van der Waals surface area contributed by atoms with E-state index in [9.17, 15) is 0 Å². The van der Waals surface area contributed by atoms with Gasteiger partial charge in [0.25, 0.3) is 0 Å². The molecule has 3 heteroatoms. The first kappa shape index (κ1) is 12.8. The predicted molar refractivity (Wildman–Crippen MR) is 76.0 cm³/mol. The molecule has 19 heavy (non-hydrogen) atoms. The molecule has 0 spiro atoms. The summed E-state index contributed by atoms with van der Waals surface area (Å²) in [7, 11) is 1.65. The molecule has 0 radical (unpaired) electrons. The van der Waals surface area contributed by atoms with Gasteiger partial charge in [-0.1, -0.05) is 12.1 Å². The zero-order chi connectivity index (χ0) is 13.7. The van der Waals surface area contributed by atoms with E-state index in [4.69, 9.17) is 10.00 Å². The number of hydrogen-bond acceptors (Lipinski definition) is 3. The van der Waals surface area contributed by atoms with Gasteiger partial charge in [0.2, 0.25) is 0 Å². The molecular weight excluding hydrogens is 236 g/mol. The molecule has 2 aromatic carbocycles. The monoisotopic (exact) mass is 250 g/mol. The number of hydrogen-bond donors (Lipinski definition) is 0. The summed E-state index contributed by atoms with van der Waals surface area (Å²) in [4.78, 5) is 4.54. The zero-order valence-corrected chi connectivity index (χ0v) is 10.9. The van der Waals surface area contributed by atoms with Crippen LogP contribution < -0.4 is 4.74 Å². The fourth-order valence-electron chi connectivity index (χ4n) is 1.81. The molecule has 0 amide bonds. The number of nitriles is 1. The lowest BCUT2D eigenvalue weighted by atomic mass is 10.1. The van der Waals surface area contributed by atoms with E-state index in [2.05, 4.69) is 11.1 Å². The molecule has 3 nitrogen and oxygen atoms in total. The normalized spacial score (nSPS) is 10.9. The number of benzene rings is 2. The van der Waals surface area contributed by atoms with Crippen LogP contribution in [0.3, 0.4) is 0 Å². The maximum atomic E-state index is 8.75. The molecule has 0 fully saturated rings. The van der Waals surface area contributed by atoms with Gasteiger partial charge in [0.1, 0.15) is 5.75 Å². The SMILES string of the molecule is COc1ccccc1/C(C)=N/c1ccc(C#N)cc1. The highest BCUT2D eigenvalue weighted by Crippen LogP contribution is 2.21. The fourth-order valence-corrected chi connectivity index (χ4v) is 1.81. The van der Waals surface area contributed by atoms with Gasteiger partial charge in [-0.25, -0.2) is 0 Å². The van der Waals surface area contributed by atoms with Crippen LogP contribution in [0, 0.1) is 11.3 Å². The van der Waals surface area contributed by atoms with Crippen molar-refractivity contribution in [2.45, 2.75) is 6.92 Å². The molecule has 0 saturated carbocycles. The van der Waals surface area contributed by atoms with E-state index in [0.29, 0.717) is 5.56 Å². The van der Waals surface area contributed by atoms with Crippen molar-refractivity contribution in [3.63, 3.8) is 0 Å². The molecule has 2 aromatic rings. The summed E-state index contributed by atoms with van der Waals surface area (Å²) in [5.74, 6) is 0.803. The number of aliphatic imine (C=N–C) groups is 1. The summed E-state index contributed by atoms with van der Waals surface area (Å²) in [6.07, 6.45) is 0. The van der Waals surface area contributed by atoms with E-state index in [1.165, 1.54) is 0 Å². The lowest BCUT2D eigenvalue weighted by Gasteiger charge is -2.07. The summed E-state index contributed by atoms with van der Waals surface area (Å²) in [5, 5.41) is 8.75. The minimum atomic E-state index is 0.633. The Labute approximate surface area is 112 Å². The maximum Gasteiger partial charge on any atom is 0.127 e. The molecule has 2 rings (SSSR count). The van der Waals surface area contributed by atoms with Crippen LogP contribution in [0.5, 0.6) is 5.75 Å². The van der Waals surface area contributed by atoms with Gasteiger partial charge in [0.05, 0.1) is 24.4 Å².